The Hall–Kier alpha value is -1.82. The standard InChI is InChI=1S/C16H27N7O3S/c1-5-22-9-17-12-13(19-11-6-7-23(8-11)27(25)26)20-15(21-14(12)22)18-10(2)16(3,4)24/h9-11,24H,5-8H2,1-4H3,(H,25,26)(H2,18,19,20,21)/p-1. The summed E-state index contributed by atoms with van der Waals surface area (Å²) in [5.74, 6) is 0.943. The summed E-state index contributed by atoms with van der Waals surface area (Å²) in [6.45, 7) is 8.87. The van der Waals surface area contributed by atoms with Gasteiger partial charge < -0.3 is 24.9 Å². The molecule has 11 heteroatoms. The third-order valence-electron chi connectivity index (χ3n) is 4.91. The predicted octanol–water partition coefficient (Wildman–Crippen LogP) is 0.698. The van der Waals surface area contributed by atoms with Crippen molar-refractivity contribution in [3.8, 4) is 0 Å². The highest BCUT2D eigenvalue weighted by Gasteiger charge is 2.26. The summed E-state index contributed by atoms with van der Waals surface area (Å²) < 4.78 is 25.6. The van der Waals surface area contributed by atoms with E-state index < -0.39 is 16.9 Å². The number of aromatic nitrogens is 4. The summed E-state index contributed by atoms with van der Waals surface area (Å²) in [5.41, 5.74) is 0.379. The van der Waals surface area contributed by atoms with Crippen molar-refractivity contribution in [3.05, 3.63) is 6.33 Å². The summed E-state index contributed by atoms with van der Waals surface area (Å²) in [5, 5.41) is 16.6. The monoisotopic (exact) mass is 396 g/mol. The van der Waals surface area contributed by atoms with Gasteiger partial charge in [-0.1, -0.05) is 0 Å². The first-order chi connectivity index (χ1) is 12.7. The molecule has 1 aliphatic rings. The Balaban J connectivity index is 1.91. The number of imidazole rings is 1. The number of nitrogens with zero attached hydrogens (tertiary/aromatic N) is 5. The van der Waals surface area contributed by atoms with Gasteiger partial charge in [0.25, 0.3) is 0 Å². The average molecular weight is 396 g/mol. The van der Waals surface area contributed by atoms with Crippen molar-refractivity contribution in [2.24, 2.45) is 0 Å². The molecule has 0 bridgehead atoms. The normalized spacial score (nSPS) is 20.7. The first-order valence-electron chi connectivity index (χ1n) is 9.01. The minimum absolute atomic E-state index is 0.0488. The number of hydrogen-bond acceptors (Lipinski definition) is 8. The van der Waals surface area contributed by atoms with Crippen LogP contribution < -0.4 is 10.6 Å². The Morgan fingerprint density at radius 2 is 2.22 bits per heavy atom. The quantitative estimate of drug-likeness (QED) is 0.583. The number of anilines is 2. The highest BCUT2D eigenvalue weighted by atomic mass is 32.2. The topological polar surface area (TPSA) is 131 Å². The van der Waals surface area contributed by atoms with E-state index in [2.05, 4.69) is 25.6 Å². The first kappa shape index (κ1) is 19.9. The molecule has 3 unspecified atom stereocenters. The zero-order chi connectivity index (χ0) is 19.8. The van der Waals surface area contributed by atoms with E-state index in [1.165, 1.54) is 4.31 Å². The van der Waals surface area contributed by atoms with Crippen molar-refractivity contribution < 1.29 is 13.9 Å². The smallest absolute Gasteiger partial charge is 0.227 e. The Morgan fingerprint density at radius 1 is 1.48 bits per heavy atom. The number of aliphatic hydroxyl groups is 1. The molecule has 150 valence electrons. The lowest BCUT2D eigenvalue weighted by atomic mass is 10.0. The number of fused-ring (bicyclic) bond motifs is 1. The fourth-order valence-corrected chi connectivity index (χ4v) is 3.44. The maximum absolute atomic E-state index is 11.1. The molecule has 0 aromatic carbocycles. The van der Waals surface area contributed by atoms with Gasteiger partial charge in [-0.2, -0.15) is 9.97 Å². The Kier molecular flexibility index (Phi) is 5.65. The van der Waals surface area contributed by atoms with E-state index in [4.69, 9.17) is 0 Å². The summed E-state index contributed by atoms with van der Waals surface area (Å²) in [7, 11) is 0. The summed E-state index contributed by atoms with van der Waals surface area (Å²) >= 11 is -2.22. The second kappa shape index (κ2) is 7.66. The van der Waals surface area contributed by atoms with Gasteiger partial charge in [0.1, 0.15) is 0 Å². The van der Waals surface area contributed by atoms with Gasteiger partial charge >= 0.3 is 0 Å². The van der Waals surface area contributed by atoms with Crippen LogP contribution in [0.3, 0.4) is 0 Å². The molecule has 0 aliphatic carbocycles. The van der Waals surface area contributed by atoms with E-state index in [1.807, 2.05) is 18.4 Å². The molecule has 0 amide bonds. The Labute approximate surface area is 160 Å². The average Bonchev–Trinajstić information content (AvgIpc) is 3.20. The van der Waals surface area contributed by atoms with E-state index in [9.17, 15) is 13.9 Å². The highest BCUT2D eigenvalue weighted by molar-refractivity contribution is 7.76. The molecule has 0 radical (unpaired) electrons. The van der Waals surface area contributed by atoms with E-state index in [-0.39, 0.29) is 12.1 Å². The van der Waals surface area contributed by atoms with Crippen molar-refractivity contribution >= 4 is 34.2 Å². The lowest BCUT2D eigenvalue weighted by Crippen LogP contribution is -2.40. The van der Waals surface area contributed by atoms with Crippen LogP contribution in [0.2, 0.25) is 0 Å². The molecule has 0 spiro atoms. The van der Waals surface area contributed by atoms with Crippen LogP contribution in [-0.4, -0.2) is 68.5 Å². The fourth-order valence-electron chi connectivity index (χ4n) is 2.89. The molecular weight excluding hydrogens is 370 g/mol. The summed E-state index contributed by atoms with van der Waals surface area (Å²) in [4.78, 5) is 13.5. The maximum atomic E-state index is 11.1. The number of rotatable bonds is 7. The second-order valence-corrected chi connectivity index (χ2v) is 8.30. The molecule has 27 heavy (non-hydrogen) atoms. The van der Waals surface area contributed by atoms with Crippen LogP contribution in [0.1, 0.15) is 34.1 Å². The van der Waals surface area contributed by atoms with Gasteiger partial charge in [-0.3, -0.25) is 4.21 Å². The fraction of sp³-hybridized carbons (Fsp3) is 0.688. The largest absolute Gasteiger partial charge is 0.760 e. The van der Waals surface area contributed by atoms with E-state index >= 15 is 0 Å². The van der Waals surface area contributed by atoms with E-state index in [0.717, 1.165) is 0 Å². The Bertz CT molecular complexity index is 835. The molecule has 3 heterocycles. The highest BCUT2D eigenvalue weighted by Crippen LogP contribution is 2.25. The molecule has 1 fully saturated rings. The Morgan fingerprint density at radius 3 is 2.81 bits per heavy atom. The molecule has 10 nitrogen and oxygen atoms in total. The van der Waals surface area contributed by atoms with E-state index in [1.54, 1.807) is 20.2 Å². The van der Waals surface area contributed by atoms with Gasteiger partial charge in [0, 0.05) is 36.9 Å². The molecule has 1 aliphatic heterocycles. The van der Waals surface area contributed by atoms with Crippen molar-refractivity contribution in [2.75, 3.05) is 23.7 Å². The van der Waals surface area contributed by atoms with Crippen LogP contribution in [0, 0.1) is 0 Å². The van der Waals surface area contributed by atoms with Gasteiger partial charge in [-0.15, -0.1) is 0 Å². The van der Waals surface area contributed by atoms with Gasteiger partial charge in [0.15, 0.2) is 17.0 Å². The zero-order valence-corrected chi connectivity index (χ0v) is 16.8. The van der Waals surface area contributed by atoms with Gasteiger partial charge in [0.05, 0.1) is 18.0 Å². The minimum atomic E-state index is -2.22. The van der Waals surface area contributed by atoms with E-state index in [0.29, 0.717) is 49.0 Å². The second-order valence-electron chi connectivity index (χ2n) is 7.35. The SMILES string of the molecule is CCn1cnc2c(NC3CCN(S(=O)[O-])C3)nc(NC(C)C(C)(C)O)nc21. The van der Waals surface area contributed by atoms with Crippen LogP contribution >= 0.6 is 0 Å². The van der Waals surface area contributed by atoms with Crippen LogP contribution in [0.15, 0.2) is 6.33 Å². The van der Waals surface area contributed by atoms with Crippen molar-refractivity contribution in [1.29, 1.82) is 0 Å². The molecule has 3 atom stereocenters. The third kappa shape index (κ3) is 4.37. The molecule has 3 rings (SSSR count). The minimum Gasteiger partial charge on any atom is -0.760 e. The zero-order valence-electron chi connectivity index (χ0n) is 16.0. The van der Waals surface area contributed by atoms with Gasteiger partial charge in [-0.05, 0) is 34.1 Å². The molecule has 2 aromatic heterocycles. The summed E-state index contributed by atoms with van der Waals surface area (Å²) in [6.07, 6.45) is 2.40. The van der Waals surface area contributed by atoms with Gasteiger partial charge in [0.2, 0.25) is 5.95 Å². The molecule has 0 saturated carbocycles. The molecule has 2 aromatic rings. The maximum Gasteiger partial charge on any atom is 0.227 e. The molecular formula is C16H26N7O3S-. The van der Waals surface area contributed by atoms with Gasteiger partial charge in [-0.25, -0.2) is 9.29 Å². The number of aryl methyl sites for hydroxylation is 1. The first-order valence-corrected chi connectivity index (χ1v) is 10.0. The molecule has 3 N–H and O–H groups in total. The molecule has 1 saturated heterocycles. The number of nitrogens with one attached hydrogen (secondary N) is 2. The van der Waals surface area contributed by atoms with Crippen molar-refractivity contribution in [2.45, 2.75) is 58.3 Å². The third-order valence-corrected chi connectivity index (χ3v) is 5.67. The van der Waals surface area contributed by atoms with Crippen LogP contribution in [0.4, 0.5) is 11.8 Å². The summed E-state index contributed by atoms with van der Waals surface area (Å²) in [6, 6.07) is -0.321. The van der Waals surface area contributed by atoms with Crippen molar-refractivity contribution in [1.82, 2.24) is 23.8 Å². The lowest BCUT2D eigenvalue weighted by molar-refractivity contribution is 0.0646. The lowest BCUT2D eigenvalue weighted by Gasteiger charge is -2.27. The number of hydrogen-bond donors (Lipinski definition) is 3. The predicted molar refractivity (Wildman–Crippen MR) is 103 cm³/mol. The van der Waals surface area contributed by atoms with Crippen molar-refractivity contribution in [3.63, 3.8) is 0 Å². The van der Waals surface area contributed by atoms with Crippen LogP contribution in [0.25, 0.3) is 11.2 Å². The van der Waals surface area contributed by atoms with Crippen LogP contribution in [-0.2, 0) is 17.8 Å². The van der Waals surface area contributed by atoms with Crippen LogP contribution in [0.5, 0.6) is 0 Å².